The third-order valence-corrected chi connectivity index (χ3v) is 6.25. The third-order valence-electron chi connectivity index (χ3n) is 4.04. The van der Waals surface area contributed by atoms with Gasteiger partial charge >= 0.3 is 0 Å². The summed E-state index contributed by atoms with van der Waals surface area (Å²) in [7, 11) is 0. The SMILES string of the molecule is Cc1nc(CC(C)C)sc1C(=O)Nc1nc2c(s1)CC(C)CC2. The van der Waals surface area contributed by atoms with Crippen molar-refractivity contribution in [2.24, 2.45) is 11.8 Å². The van der Waals surface area contributed by atoms with Crippen LogP contribution in [0.4, 0.5) is 5.13 Å². The summed E-state index contributed by atoms with van der Waals surface area (Å²) >= 11 is 3.13. The molecule has 0 aromatic carbocycles. The average molecular weight is 350 g/mol. The second kappa shape index (κ2) is 6.69. The van der Waals surface area contributed by atoms with Crippen molar-refractivity contribution in [2.45, 2.75) is 53.4 Å². The zero-order chi connectivity index (χ0) is 16.6. The topological polar surface area (TPSA) is 54.9 Å². The normalized spacial score (nSPS) is 17.3. The molecular weight excluding hydrogens is 326 g/mol. The number of carbonyl (C=O) groups is 1. The fraction of sp³-hybridized carbons (Fsp3) is 0.588. The highest BCUT2D eigenvalue weighted by Crippen LogP contribution is 2.32. The number of carbonyl (C=O) groups excluding carboxylic acids is 1. The molecule has 1 unspecified atom stereocenters. The summed E-state index contributed by atoms with van der Waals surface area (Å²) in [5, 5.41) is 4.74. The van der Waals surface area contributed by atoms with Gasteiger partial charge in [0.2, 0.25) is 0 Å². The van der Waals surface area contributed by atoms with E-state index in [0.29, 0.717) is 16.7 Å². The van der Waals surface area contributed by atoms with Crippen molar-refractivity contribution in [3.8, 4) is 0 Å². The number of nitrogens with one attached hydrogen (secondary N) is 1. The highest BCUT2D eigenvalue weighted by Gasteiger charge is 2.22. The highest BCUT2D eigenvalue weighted by molar-refractivity contribution is 7.16. The maximum Gasteiger partial charge on any atom is 0.269 e. The first-order chi connectivity index (χ1) is 10.9. The van der Waals surface area contributed by atoms with Crippen molar-refractivity contribution in [1.29, 1.82) is 0 Å². The highest BCUT2D eigenvalue weighted by atomic mass is 32.1. The number of rotatable bonds is 4. The van der Waals surface area contributed by atoms with Crippen molar-refractivity contribution >= 4 is 33.7 Å². The molecule has 6 heteroatoms. The summed E-state index contributed by atoms with van der Waals surface area (Å²) in [5.74, 6) is 1.19. The minimum atomic E-state index is -0.0749. The van der Waals surface area contributed by atoms with Crippen molar-refractivity contribution < 1.29 is 4.79 Å². The number of aromatic nitrogens is 2. The van der Waals surface area contributed by atoms with Gasteiger partial charge in [0.15, 0.2) is 5.13 Å². The van der Waals surface area contributed by atoms with Crippen LogP contribution in [0.2, 0.25) is 0 Å². The summed E-state index contributed by atoms with van der Waals surface area (Å²) in [5.41, 5.74) is 1.99. The van der Waals surface area contributed by atoms with E-state index >= 15 is 0 Å². The van der Waals surface area contributed by atoms with Crippen LogP contribution in [0, 0.1) is 18.8 Å². The summed E-state index contributed by atoms with van der Waals surface area (Å²) in [6.07, 6.45) is 4.22. The predicted molar refractivity (Wildman–Crippen MR) is 96.6 cm³/mol. The van der Waals surface area contributed by atoms with Crippen LogP contribution in [0.1, 0.15) is 58.1 Å². The molecule has 0 bridgehead atoms. The number of hydrogen-bond acceptors (Lipinski definition) is 5. The third kappa shape index (κ3) is 3.80. The van der Waals surface area contributed by atoms with E-state index in [2.05, 4.69) is 36.1 Å². The molecule has 2 aromatic heterocycles. The molecule has 2 aromatic rings. The summed E-state index contributed by atoms with van der Waals surface area (Å²) in [4.78, 5) is 23.7. The number of thiazole rings is 2. The Hall–Kier alpha value is -1.27. The first kappa shape index (κ1) is 16.6. The molecular formula is C17H23N3OS2. The second-order valence-corrected chi connectivity index (χ2v) is 8.98. The van der Waals surface area contributed by atoms with Crippen molar-refractivity contribution in [3.05, 3.63) is 26.1 Å². The lowest BCUT2D eigenvalue weighted by atomic mass is 9.93. The van der Waals surface area contributed by atoms with Crippen molar-refractivity contribution in [3.63, 3.8) is 0 Å². The lowest BCUT2D eigenvalue weighted by molar-refractivity contribution is 0.103. The average Bonchev–Trinajstić information content (AvgIpc) is 3.00. The zero-order valence-electron chi connectivity index (χ0n) is 14.1. The maximum atomic E-state index is 12.5. The molecule has 0 spiro atoms. The Bertz CT molecular complexity index is 717. The minimum Gasteiger partial charge on any atom is -0.297 e. The fourth-order valence-corrected chi connectivity index (χ4v) is 5.18. The Balaban J connectivity index is 1.73. The van der Waals surface area contributed by atoms with Gasteiger partial charge in [-0.1, -0.05) is 20.8 Å². The fourth-order valence-electron chi connectivity index (χ4n) is 2.85. The molecule has 1 aliphatic carbocycles. The van der Waals surface area contributed by atoms with Crippen LogP contribution in [-0.2, 0) is 19.3 Å². The number of aryl methyl sites for hydroxylation is 2. The molecule has 0 aliphatic heterocycles. The van der Waals surface area contributed by atoms with Gasteiger partial charge in [0.25, 0.3) is 5.91 Å². The van der Waals surface area contributed by atoms with E-state index in [1.807, 2.05) is 6.92 Å². The van der Waals surface area contributed by atoms with Crippen LogP contribution >= 0.6 is 22.7 Å². The molecule has 2 heterocycles. The molecule has 124 valence electrons. The van der Waals surface area contributed by atoms with Gasteiger partial charge in [0.05, 0.1) is 16.4 Å². The molecule has 0 radical (unpaired) electrons. The standard InChI is InChI=1S/C17H23N3OS2/c1-9(2)7-14-18-11(4)15(23-14)16(21)20-17-19-12-6-5-10(3)8-13(12)22-17/h9-10H,5-8H2,1-4H3,(H,19,20,21). The van der Waals surface area contributed by atoms with Crippen LogP contribution in [0.25, 0.3) is 0 Å². The Morgan fingerprint density at radius 3 is 2.87 bits per heavy atom. The molecule has 3 rings (SSSR count). The quantitative estimate of drug-likeness (QED) is 0.885. The van der Waals surface area contributed by atoms with E-state index in [1.165, 1.54) is 28.3 Å². The van der Waals surface area contributed by atoms with E-state index < -0.39 is 0 Å². The van der Waals surface area contributed by atoms with Crippen LogP contribution in [0.15, 0.2) is 0 Å². The van der Waals surface area contributed by atoms with Crippen LogP contribution in [-0.4, -0.2) is 15.9 Å². The molecule has 4 nitrogen and oxygen atoms in total. The van der Waals surface area contributed by atoms with Gasteiger partial charge in [-0.3, -0.25) is 10.1 Å². The molecule has 23 heavy (non-hydrogen) atoms. The Kier molecular flexibility index (Phi) is 4.82. The lowest BCUT2D eigenvalue weighted by Gasteiger charge is -2.15. The monoisotopic (exact) mass is 349 g/mol. The lowest BCUT2D eigenvalue weighted by Crippen LogP contribution is -2.11. The van der Waals surface area contributed by atoms with Gasteiger partial charge in [-0.05, 0) is 38.0 Å². The van der Waals surface area contributed by atoms with E-state index in [9.17, 15) is 4.79 Å². The van der Waals surface area contributed by atoms with E-state index in [-0.39, 0.29) is 5.91 Å². The molecule has 0 saturated heterocycles. The van der Waals surface area contributed by atoms with Gasteiger partial charge < -0.3 is 0 Å². The molecule has 0 fully saturated rings. The van der Waals surface area contributed by atoms with Gasteiger partial charge in [-0.25, -0.2) is 9.97 Å². The number of nitrogens with zero attached hydrogens (tertiary/aromatic N) is 2. The summed E-state index contributed by atoms with van der Waals surface area (Å²) < 4.78 is 0. The smallest absolute Gasteiger partial charge is 0.269 e. The van der Waals surface area contributed by atoms with E-state index in [0.717, 1.165) is 35.1 Å². The minimum absolute atomic E-state index is 0.0749. The van der Waals surface area contributed by atoms with Gasteiger partial charge in [-0.2, -0.15) is 0 Å². The first-order valence-corrected chi connectivity index (χ1v) is 9.82. The molecule has 1 amide bonds. The number of amides is 1. The Morgan fingerprint density at radius 2 is 2.13 bits per heavy atom. The summed E-state index contributed by atoms with van der Waals surface area (Å²) in [6, 6.07) is 0. The second-order valence-electron chi connectivity index (χ2n) is 6.81. The predicted octanol–water partition coefficient (Wildman–Crippen LogP) is 4.48. The summed E-state index contributed by atoms with van der Waals surface area (Å²) in [6.45, 7) is 8.51. The Labute approximate surface area is 145 Å². The number of hydrogen-bond donors (Lipinski definition) is 1. The van der Waals surface area contributed by atoms with E-state index in [1.54, 1.807) is 11.3 Å². The van der Waals surface area contributed by atoms with Gasteiger partial charge in [0.1, 0.15) is 4.88 Å². The molecule has 1 N–H and O–H groups in total. The largest absolute Gasteiger partial charge is 0.297 e. The van der Waals surface area contributed by atoms with Crippen LogP contribution in [0.3, 0.4) is 0 Å². The molecule has 1 atom stereocenters. The number of anilines is 1. The first-order valence-electron chi connectivity index (χ1n) is 8.18. The van der Waals surface area contributed by atoms with Gasteiger partial charge in [-0.15, -0.1) is 22.7 Å². The van der Waals surface area contributed by atoms with Crippen LogP contribution in [0.5, 0.6) is 0 Å². The van der Waals surface area contributed by atoms with Gasteiger partial charge in [0, 0.05) is 11.3 Å². The number of fused-ring (bicyclic) bond motifs is 1. The zero-order valence-corrected chi connectivity index (χ0v) is 15.7. The van der Waals surface area contributed by atoms with Crippen LogP contribution < -0.4 is 5.32 Å². The maximum absolute atomic E-state index is 12.5. The Morgan fingerprint density at radius 1 is 1.35 bits per heavy atom. The molecule has 1 aliphatic rings. The molecule has 0 saturated carbocycles. The van der Waals surface area contributed by atoms with E-state index in [4.69, 9.17) is 0 Å². The van der Waals surface area contributed by atoms with Crippen molar-refractivity contribution in [2.75, 3.05) is 5.32 Å². The van der Waals surface area contributed by atoms with Crippen molar-refractivity contribution in [1.82, 2.24) is 9.97 Å².